The zero-order valence-corrected chi connectivity index (χ0v) is 21.2. The first kappa shape index (κ1) is 24.2. The highest BCUT2D eigenvalue weighted by atomic mass is 16.6. The van der Waals surface area contributed by atoms with Crippen molar-refractivity contribution >= 4 is 0 Å². The van der Waals surface area contributed by atoms with Gasteiger partial charge in [0.1, 0.15) is 17.3 Å². The number of allylic oxidation sites excluding steroid dienone is 3. The molecule has 2 heterocycles. The summed E-state index contributed by atoms with van der Waals surface area (Å²) in [5.74, 6) is 0.637. The number of methoxy groups -OCH3 is 1. The number of rotatable bonds is 7. The predicted octanol–water partition coefficient (Wildman–Crippen LogP) is 5.95. The molecular weight excluding hydrogens is 416 g/mol. The first-order valence-corrected chi connectivity index (χ1v) is 12.2. The van der Waals surface area contributed by atoms with Crippen molar-refractivity contribution in [3.05, 3.63) is 46.7 Å². The van der Waals surface area contributed by atoms with Crippen molar-refractivity contribution in [1.82, 2.24) is 0 Å². The second kappa shape index (κ2) is 8.06. The number of phenolic OH excluding ortho intramolecular Hbond substituents is 1. The lowest BCUT2D eigenvalue weighted by Crippen LogP contribution is -2.57. The molecule has 0 radical (unpaired) electrons. The Kier molecular flexibility index (Phi) is 5.90. The molecule has 1 aliphatic carbocycles. The van der Waals surface area contributed by atoms with Crippen molar-refractivity contribution in [3.8, 4) is 11.5 Å². The molecule has 1 saturated carbocycles. The van der Waals surface area contributed by atoms with Gasteiger partial charge in [0.25, 0.3) is 0 Å². The summed E-state index contributed by atoms with van der Waals surface area (Å²) in [6.07, 6.45) is 9.20. The van der Waals surface area contributed by atoms with Crippen molar-refractivity contribution in [2.45, 2.75) is 97.6 Å². The van der Waals surface area contributed by atoms with Gasteiger partial charge in [-0.15, -0.1) is 0 Å². The molecule has 1 aromatic carbocycles. The highest BCUT2D eigenvalue weighted by Gasteiger charge is 2.66. The monoisotopic (exact) mass is 456 g/mol. The van der Waals surface area contributed by atoms with E-state index in [2.05, 4.69) is 46.8 Å². The minimum atomic E-state index is -1.25. The quantitative estimate of drug-likeness (QED) is 0.392. The number of hydrogen-bond donors (Lipinski definition) is 2. The Hall–Kier alpha value is -1.98. The van der Waals surface area contributed by atoms with Crippen LogP contribution >= 0.6 is 0 Å². The van der Waals surface area contributed by atoms with Gasteiger partial charge in [-0.2, -0.15) is 0 Å². The van der Waals surface area contributed by atoms with Crippen molar-refractivity contribution in [3.63, 3.8) is 0 Å². The Morgan fingerprint density at radius 1 is 1.21 bits per heavy atom. The first-order valence-electron chi connectivity index (χ1n) is 12.2. The molecule has 182 valence electrons. The summed E-state index contributed by atoms with van der Waals surface area (Å²) >= 11 is 0. The third-order valence-electron chi connectivity index (χ3n) is 8.61. The van der Waals surface area contributed by atoms with Crippen LogP contribution < -0.4 is 4.74 Å². The molecule has 1 aromatic rings. The second-order valence-electron chi connectivity index (χ2n) is 11.4. The van der Waals surface area contributed by atoms with Crippen LogP contribution in [0.2, 0.25) is 0 Å². The minimum absolute atomic E-state index is 0.0134. The predicted molar refractivity (Wildman–Crippen MR) is 129 cm³/mol. The van der Waals surface area contributed by atoms with Gasteiger partial charge >= 0.3 is 0 Å². The van der Waals surface area contributed by atoms with Gasteiger partial charge in [-0.1, -0.05) is 31.9 Å². The standard InChI is InChI=1S/C28H40O5/c1-18(9-10-20-15-21(31-7)14-19(2)24(20)29)13-22-16-26(5)11-8-12-27(26,6)28(30,32-22)17-23-25(3,4)33-23/h9,14-16,23,29-30H,8,10-13,17H2,1-7H3/t23-,26-,27-,28-/m1/s1. The number of aryl methyl sites for hydroxylation is 1. The molecule has 5 nitrogen and oxygen atoms in total. The summed E-state index contributed by atoms with van der Waals surface area (Å²) in [7, 11) is 1.63. The number of phenols is 1. The van der Waals surface area contributed by atoms with Crippen LogP contribution in [0.25, 0.3) is 0 Å². The average Bonchev–Trinajstić information content (AvgIpc) is 3.17. The van der Waals surface area contributed by atoms with Crippen LogP contribution in [0.15, 0.2) is 35.6 Å². The molecule has 4 rings (SSSR count). The highest BCUT2D eigenvalue weighted by molar-refractivity contribution is 5.46. The van der Waals surface area contributed by atoms with E-state index in [-0.39, 0.29) is 22.5 Å². The van der Waals surface area contributed by atoms with Gasteiger partial charge in [0, 0.05) is 29.2 Å². The Labute approximate surface area is 198 Å². The number of benzene rings is 1. The van der Waals surface area contributed by atoms with Crippen LogP contribution in [0.3, 0.4) is 0 Å². The summed E-state index contributed by atoms with van der Waals surface area (Å²) < 4.78 is 17.6. The van der Waals surface area contributed by atoms with E-state index in [1.165, 1.54) is 0 Å². The lowest BCUT2D eigenvalue weighted by atomic mass is 9.60. The molecule has 0 spiro atoms. The SMILES string of the molecule is COc1cc(C)c(O)c(CC=C(C)CC2=C[C@@]3(C)CCC[C@@]3(C)[C@@](O)(C[C@H]3OC3(C)C)O2)c1. The van der Waals surface area contributed by atoms with Gasteiger partial charge in [-0.3, -0.25) is 0 Å². The minimum Gasteiger partial charge on any atom is -0.507 e. The summed E-state index contributed by atoms with van der Waals surface area (Å²) in [6, 6.07) is 3.71. The molecule has 33 heavy (non-hydrogen) atoms. The lowest BCUT2D eigenvalue weighted by molar-refractivity contribution is -0.285. The molecule has 0 amide bonds. The zero-order chi connectivity index (χ0) is 24.2. The van der Waals surface area contributed by atoms with Crippen molar-refractivity contribution < 1.29 is 24.4 Å². The highest BCUT2D eigenvalue weighted by Crippen LogP contribution is 2.64. The molecule has 5 heteroatoms. The molecule has 2 N–H and O–H groups in total. The van der Waals surface area contributed by atoms with E-state index in [0.29, 0.717) is 25.0 Å². The molecule has 4 atom stereocenters. The topological polar surface area (TPSA) is 71.5 Å². The van der Waals surface area contributed by atoms with E-state index in [0.717, 1.165) is 47.5 Å². The normalized spacial score (nSPS) is 35.0. The maximum atomic E-state index is 11.9. The smallest absolute Gasteiger partial charge is 0.216 e. The van der Waals surface area contributed by atoms with E-state index in [9.17, 15) is 10.2 Å². The summed E-state index contributed by atoms with van der Waals surface area (Å²) in [5, 5.41) is 22.4. The molecule has 0 unspecified atom stereocenters. The second-order valence-corrected chi connectivity index (χ2v) is 11.4. The van der Waals surface area contributed by atoms with Crippen molar-refractivity contribution in [1.29, 1.82) is 0 Å². The van der Waals surface area contributed by atoms with Crippen LogP contribution in [0.4, 0.5) is 0 Å². The van der Waals surface area contributed by atoms with Gasteiger partial charge in [0.05, 0.1) is 18.8 Å². The molecule has 0 bridgehead atoms. The number of aliphatic hydroxyl groups is 1. The molecule has 3 aliphatic rings. The zero-order valence-electron chi connectivity index (χ0n) is 21.2. The van der Waals surface area contributed by atoms with E-state index in [1.54, 1.807) is 7.11 Å². The Bertz CT molecular complexity index is 992. The number of fused-ring (bicyclic) bond motifs is 1. The fourth-order valence-electron chi connectivity index (χ4n) is 5.90. The maximum absolute atomic E-state index is 11.9. The third-order valence-corrected chi connectivity index (χ3v) is 8.61. The fourth-order valence-corrected chi connectivity index (χ4v) is 5.90. The average molecular weight is 457 g/mol. The lowest BCUT2D eigenvalue weighted by Gasteiger charge is -2.54. The van der Waals surface area contributed by atoms with E-state index in [1.807, 2.05) is 19.1 Å². The number of aromatic hydroxyl groups is 1. The Morgan fingerprint density at radius 3 is 2.55 bits per heavy atom. The number of epoxide rings is 1. The van der Waals surface area contributed by atoms with Crippen LogP contribution in [0.1, 0.15) is 77.8 Å². The summed E-state index contributed by atoms with van der Waals surface area (Å²) in [4.78, 5) is 0. The summed E-state index contributed by atoms with van der Waals surface area (Å²) in [6.45, 7) is 12.5. The van der Waals surface area contributed by atoms with Crippen molar-refractivity contribution in [2.24, 2.45) is 10.8 Å². The Balaban J connectivity index is 1.55. The number of ether oxygens (including phenoxy) is 3. The van der Waals surface area contributed by atoms with Crippen LogP contribution in [0.5, 0.6) is 11.5 Å². The van der Waals surface area contributed by atoms with Crippen LogP contribution in [0, 0.1) is 17.8 Å². The van der Waals surface area contributed by atoms with Gasteiger partial charge < -0.3 is 24.4 Å². The van der Waals surface area contributed by atoms with E-state index >= 15 is 0 Å². The maximum Gasteiger partial charge on any atom is 0.216 e. The Morgan fingerprint density at radius 2 is 1.91 bits per heavy atom. The van der Waals surface area contributed by atoms with Crippen LogP contribution in [-0.4, -0.2) is 34.8 Å². The molecule has 0 aromatic heterocycles. The van der Waals surface area contributed by atoms with Crippen LogP contribution in [-0.2, 0) is 15.9 Å². The van der Waals surface area contributed by atoms with E-state index < -0.39 is 5.79 Å². The largest absolute Gasteiger partial charge is 0.507 e. The molecular formula is C28H40O5. The number of hydrogen-bond acceptors (Lipinski definition) is 5. The molecule has 1 saturated heterocycles. The van der Waals surface area contributed by atoms with Gasteiger partial charge in [0.15, 0.2) is 0 Å². The third kappa shape index (κ3) is 4.19. The van der Waals surface area contributed by atoms with Gasteiger partial charge in [0.2, 0.25) is 5.79 Å². The van der Waals surface area contributed by atoms with Gasteiger partial charge in [-0.25, -0.2) is 0 Å². The molecule has 2 aliphatic heterocycles. The molecule has 2 fully saturated rings. The first-order chi connectivity index (χ1) is 15.3. The fraction of sp³-hybridized carbons (Fsp3) is 0.643. The van der Waals surface area contributed by atoms with Crippen molar-refractivity contribution in [2.75, 3.05) is 7.11 Å². The summed E-state index contributed by atoms with van der Waals surface area (Å²) in [5.41, 5.74) is 2.13. The van der Waals surface area contributed by atoms with E-state index in [4.69, 9.17) is 14.2 Å². The van der Waals surface area contributed by atoms with Gasteiger partial charge in [-0.05, 0) is 70.7 Å².